The molecule has 1 aromatic rings. The van der Waals surface area contributed by atoms with E-state index in [4.69, 9.17) is 31.5 Å². The summed E-state index contributed by atoms with van der Waals surface area (Å²) < 4.78 is 15.2. The van der Waals surface area contributed by atoms with Gasteiger partial charge < -0.3 is 25.3 Å². The van der Waals surface area contributed by atoms with Crippen molar-refractivity contribution in [3.8, 4) is 11.5 Å². The Kier molecular flexibility index (Phi) is 5.88. The molecular formula is C12H17ClN2O4. The van der Waals surface area contributed by atoms with Gasteiger partial charge in [0.05, 0.1) is 24.9 Å². The van der Waals surface area contributed by atoms with Gasteiger partial charge in [0, 0.05) is 25.8 Å². The Hall–Kier alpha value is -1.50. The quantitative estimate of drug-likeness (QED) is 0.824. The molecule has 0 saturated heterocycles. The lowest BCUT2D eigenvalue weighted by molar-refractivity contribution is -0.125. The van der Waals surface area contributed by atoms with Crippen molar-refractivity contribution in [1.29, 1.82) is 0 Å². The van der Waals surface area contributed by atoms with Crippen LogP contribution in [0.25, 0.3) is 0 Å². The normalized spacial score (nSPS) is 11.8. The highest BCUT2D eigenvalue weighted by Gasteiger charge is 2.18. The van der Waals surface area contributed by atoms with Crippen LogP contribution in [-0.4, -0.2) is 39.9 Å². The molecule has 19 heavy (non-hydrogen) atoms. The van der Waals surface area contributed by atoms with Crippen molar-refractivity contribution in [3.63, 3.8) is 0 Å². The topological polar surface area (TPSA) is 82.8 Å². The van der Waals surface area contributed by atoms with Gasteiger partial charge in [-0.15, -0.1) is 0 Å². The highest BCUT2D eigenvalue weighted by atomic mass is 35.5. The largest absolute Gasteiger partial charge is 0.493 e. The maximum atomic E-state index is 11.8. The first-order valence-corrected chi connectivity index (χ1v) is 5.90. The molecule has 0 aliphatic rings. The van der Waals surface area contributed by atoms with Crippen molar-refractivity contribution in [1.82, 2.24) is 0 Å². The van der Waals surface area contributed by atoms with Crippen molar-refractivity contribution in [2.45, 2.75) is 6.10 Å². The molecule has 3 N–H and O–H groups in total. The molecule has 1 unspecified atom stereocenters. The summed E-state index contributed by atoms with van der Waals surface area (Å²) in [6.45, 7) is 0.0766. The van der Waals surface area contributed by atoms with Crippen LogP contribution in [-0.2, 0) is 9.53 Å². The number of methoxy groups -OCH3 is 3. The van der Waals surface area contributed by atoms with E-state index in [0.717, 1.165) is 0 Å². The number of carbonyl (C=O) groups is 1. The summed E-state index contributed by atoms with van der Waals surface area (Å²) in [7, 11) is 4.41. The molecule has 0 fully saturated rings. The van der Waals surface area contributed by atoms with E-state index < -0.39 is 6.10 Å². The van der Waals surface area contributed by atoms with E-state index in [1.165, 1.54) is 21.3 Å². The Balaban J connectivity index is 2.98. The molecule has 0 heterocycles. The molecular weight excluding hydrogens is 272 g/mol. The summed E-state index contributed by atoms with van der Waals surface area (Å²) in [5.74, 6) is 0.565. The number of halogens is 1. The zero-order valence-electron chi connectivity index (χ0n) is 11.0. The van der Waals surface area contributed by atoms with Crippen LogP contribution in [0.5, 0.6) is 11.5 Å². The lowest BCUT2D eigenvalue weighted by atomic mass is 10.2. The maximum Gasteiger partial charge on any atom is 0.254 e. The standard InChI is InChI=1S/C12H17ClN2O4/c1-17-9-4-7(13)8(5-10(9)18-2)15-12(16)11(6-14)19-3/h4-5,11H,6,14H2,1-3H3,(H,15,16). The van der Waals surface area contributed by atoms with Crippen LogP contribution in [0.3, 0.4) is 0 Å². The van der Waals surface area contributed by atoms with Crippen molar-refractivity contribution >= 4 is 23.2 Å². The minimum absolute atomic E-state index is 0.0766. The predicted molar refractivity (Wildman–Crippen MR) is 73.0 cm³/mol. The second kappa shape index (κ2) is 7.18. The number of amides is 1. The Labute approximate surface area is 116 Å². The second-order valence-corrected chi connectivity index (χ2v) is 4.04. The molecule has 0 spiro atoms. The molecule has 0 aliphatic heterocycles. The van der Waals surface area contributed by atoms with E-state index in [1.54, 1.807) is 12.1 Å². The van der Waals surface area contributed by atoms with Crippen molar-refractivity contribution in [2.75, 3.05) is 33.2 Å². The summed E-state index contributed by atoms with van der Waals surface area (Å²) >= 11 is 6.05. The number of hydrogen-bond donors (Lipinski definition) is 2. The zero-order chi connectivity index (χ0) is 14.4. The summed E-state index contributed by atoms with van der Waals surface area (Å²) in [4.78, 5) is 11.8. The van der Waals surface area contributed by atoms with Crippen LogP contribution in [0.4, 0.5) is 5.69 Å². The van der Waals surface area contributed by atoms with Gasteiger partial charge in [0.1, 0.15) is 6.10 Å². The summed E-state index contributed by atoms with van der Waals surface area (Å²) in [6.07, 6.45) is -0.732. The molecule has 6 nitrogen and oxygen atoms in total. The minimum atomic E-state index is -0.732. The molecule has 7 heteroatoms. The van der Waals surface area contributed by atoms with Gasteiger partial charge in [-0.25, -0.2) is 0 Å². The van der Waals surface area contributed by atoms with E-state index in [1.807, 2.05) is 0 Å². The number of benzene rings is 1. The van der Waals surface area contributed by atoms with Crippen LogP contribution in [0, 0.1) is 0 Å². The summed E-state index contributed by atoms with van der Waals surface area (Å²) in [5, 5.41) is 2.96. The van der Waals surface area contributed by atoms with Crippen LogP contribution >= 0.6 is 11.6 Å². The lowest BCUT2D eigenvalue weighted by Gasteiger charge is -2.15. The van der Waals surface area contributed by atoms with E-state index in [9.17, 15) is 4.79 Å². The smallest absolute Gasteiger partial charge is 0.254 e. The lowest BCUT2D eigenvalue weighted by Crippen LogP contribution is -2.35. The highest BCUT2D eigenvalue weighted by molar-refractivity contribution is 6.34. The fourth-order valence-corrected chi connectivity index (χ4v) is 1.67. The van der Waals surface area contributed by atoms with Gasteiger partial charge in [0.2, 0.25) is 0 Å². The summed E-state index contributed by atoms with van der Waals surface area (Å²) in [5.41, 5.74) is 5.82. The third-order valence-electron chi connectivity index (χ3n) is 2.52. The fourth-order valence-electron chi connectivity index (χ4n) is 1.47. The molecule has 0 bridgehead atoms. The third kappa shape index (κ3) is 3.73. The predicted octanol–water partition coefficient (Wildman–Crippen LogP) is 1.27. The molecule has 1 aromatic carbocycles. The molecule has 1 atom stereocenters. The number of hydrogen-bond acceptors (Lipinski definition) is 5. The first kappa shape index (κ1) is 15.6. The van der Waals surface area contributed by atoms with Gasteiger partial charge in [-0.05, 0) is 0 Å². The van der Waals surface area contributed by atoms with Crippen LogP contribution < -0.4 is 20.5 Å². The Morgan fingerprint density at radius 2 is 1.89 bits per heavy atom. The molecule has 0 aromatic heterocycles. The van der Waals surface area contributed by atoms with Gasteiger partial charge in [-0.3, -0.25) is 4.79 Å². The van der Waals surface area contributed by atoms with E-state index >= 15 is 0 Å². The van der Waals surface area contributed by atoms with Crippen LogP contribution in [0.2, 0.25) is 5.02 Å². The van der Waals surface area contributed by atoms with Gasteiger partial charge in [-0.1, -0.05) is 11.6 Å². The fraction of sp³-hybridized carbons (Fsp3) is 0.417. The Bertz CT molecular complexity index is 450. The average molecular weight is 289 g/mol. The number of anilines is 1. The number of carbonyl (C=O) groups excluding carboxylic acids is 1. The minimum Gasteiger partial charge on any atom is -0.493 e. The Morgan fingerprint density at radius 1 is 1.32 bits per heavy atom. The molecule has 1 amide bonds. The first-order chi connectivity index (χ1) is 9.07. The number of nitrogens with two attached hydrogens (primary N) is 1. The van der Waals surface area contributed by atoms with E-state index in [0.29, 0.717) is 22.2 Å². The van der Waals surface area contributed by atoms with Crippen LogP contribution in [0.15, 0.2) is 12.1 Å². The molecule has 0 aliphatic carbocycles. The Morgan fingerprint density at radius 3 is 2.37 bits per heavy atom. The summed E-state index contributed by atoms with van der Waals surface area (Å²) in [6, 6.07) is 3.13. The molecule has 106 valence electrons. The number of ether oxygens (including phenoxy) is 3. The zero-order valence-corrected chi connectivity index (χ0v) is 11.8. The highest BCUT2D eigenvalue weighted by Crippen LogP contribution is 2.36. The van der Waals surface area contributed by atoms with Crippen molar-refractivity contribution in [3.05, 3.63) is 17.2 Å². The third-order valence-corrected chi connectivity index (χ3v) is 2.83. The van der Waals surface area contributed by atoms with Gasteiger partial charge in [0.15, 0.2) is 11.5 Å². The van der Waals surface area contributed by atoms with E-state index in [2.05, 4.69) is 5.32 Å². The SMILES string of the molecule is COc1cc(Cl)c(NC(=O)C(CN)OC)cc1OC. The molecule has 0 saturated carbocycles. The van der Waals surface area contributed by atoms with Gasteiger partial charge >= 0.3 is 0 Å². The monoisotopic (exact) mass is 288 g/mol. The van der Waals surface area contributed by atoms with E-state index in [-0.39, 0.29) is 12.5 Å². The maximum absolute atomic E-state index is 11.8. The first-order valence-electron chi connectivity index (χ1n) is 5.52. The molecule has 1 rings (SSSR count). The average Bonchev–Trinajstić information content (AvgIpc) is 2.41. The van der Waals surface area contributed by atoms with Gasteiger partial charge in [0.25, 0.3) is 5.91 Å². The molecule has 0 radical (unpaired) electrons. The van der Waals surface area contributed by atoms with Crippen LogP contribution in [0.1, 0.15) is 0 Å². The number of rotatable bonds is 6. The van der Waals surface area contributed by atoms with Gasteiger partial charge in [-0.2, -0.15) is 0 Å². The van der Waals surface area contributed by atoms with Crippen molar-refractivity contribution < 1.29 is 19.0 Å². The number of nitrogens with one attached hydrogen (secondary N) is 1. The van der Waals surface area contributed by atoms with Crippen molar-refractivity contribution in [2.24, 2.45) is 5.73 Å². The second-order valence-electron chi connectivity index (χ2n) is 3.64.